The van der Waals surface area contributed by atoms with Crippen LogP contribution < -0.4 is 5.32 Å². The van der Waals surface area contributed by atoms with Gasteiger partial charge in [0.05, 0.1) is 6.26 Å². The maximum atomic E-state index is 5.45. The molecule has 102 valence electrons. The Labute approximate surface area is 115 Å². The normalized spacial score (nSPS) is 18.9. The van der Waals surface area contributed by atoms with Crippen molar-refractivity contribution in [2.24, 2.45) is 0 Å². The molecule has 1 aromatic heterocycles. The minimum absolute atomic E-state index is 0.549. The van der Waals surface area contributed by atoms with Crippen LogP contribution in [0.5, 0.6) is 0 Å². The summed E-state index contributed by atoms with van der Waals surface area (Å²) in [5.74, 6) is 2.31. The van der Waals surface area contributed by atoms with Crippen molar-refractivity contribution >= 4 is 11.8 Å². The number of rotatable bonds is 7. The Kier molecular flexibility index (Phi) is 6.15. The van der Waals surface area contributed by atoms with Crippen molar-refractivity contribution < 1.29 is 4.42 Å². The van der Waals surface area contributed by atoms with Gasteiger partial charge in [0.1, 0.15) is 5.76 Å². The molecule has 1 fully saturated rings. The van der Waals surface area contributed by atoms with Crippen molar-refractivity contribution in [3.05, 3.63) is 24.2 Å². The van der Waals surface area contributed by atoms with Crippen molar-refractivity contribution in [1.29, 1.82) is 0 Å². The first-order valence-corrected chi connectivity index (χ1v) is 8.30. The van der Waals surface area contributed by atoms with Gasteiger partial charge in [-0.1, -0.05) is 26.2 Å². The van der Waals surface area contributed by atoms with Gasteiger partial charge in [0.15, 0.2) is 0 Å². The summed E-state index contributed by atoms with van der Waals surface area (Å²) in [5.41, 5.74) is 0. The smallest absolute Gasteiger partial charge is 0.105 e. The fourth-order valence-electron chi connectivity index (χ4n) is 2.63. The number of nitrogens with one attached hydrogen (secondary N) is 1. The molecule has 1 saturated carbocycles. The molecule has 2 rings (SSSR count). The second kappa shape index (κ2) is 7.90. The van der Waals surface area contributed by atoms with Crippen molar-refractivity contribution in [2.75, 3.05) is 12.3 Å². The van der Waals surface area contributed by atoms with Crippen LogP contribution in [0, 0.1) is 0 Å². The molecular weight excluding hydrogens is 242 g/mol. The van der Waals surface area contributed by atoms with Crippen LogP contribution in [0.1, 0.15) is 44.8 Å². The third-order valence-corrected chi connectivity index (χ3v) is 5.14. The van der Waals surface area contributed by atoms with Gasteiger partial charge in [0, 0.05) is 23.5 Å². The zero-order valence-electron chi connectivity index (χ0n) is 11.4. The molecule has 18 heavy (non-hydrogen) atoms. The monoisotopic (exact) mass is 267 g/mol. The van der Waals surface area contributed by atoms with Gasteiger partial charge >= 0.3 is 0 Å². The second-order valence-corrected chi connectivity index (χ2v) is 6.46. The SMILES string of the molecule is CCNC(CSC1CCCCC1)Cc1ccco1. The highest BCUT2D eigenvalue weighted by molar-refractivity contribution is 7.99. The first kappa shape index (κ1) is 14.0. The zero-order valence-corrected chi connectivity index (χ0v) is 12.2. The van der Waals surface area contributed by atoms with Gasteiger partial charge in [-0.25, -0.2) is 0 Å². The molecule has 0 aliphatic heterocycles. The molecule has 0 radical (unpaired) electrons. The number of hydrogen-bond donors (Lipinski definition) is 1. The van der Waals surface area contributed by atoms with E-state index in [1.54, 1.807) is 6.26 Å². The quantitative estimate of drug-likeness (QED) is 0.812. The minimum Gasteiger partial charge on any atom is -0.469 e. The molecule has 1 atom stereocenters. The van der Waals surface area contributed by atoms with Crippen molar-refractivity contribution in [3.63, 3.8) is 0 Å². The zero-order chi connectivity index (χ0) is 12.6. The van der Waals surface area contributed by atoms with Gasteiger partial charge in [-0.3, -0.25) is 0 Å². The lowest BCUT2D eigenvalue weighted by molar-refractivity contribution is 0.464. The first-order chi connectivity index (χ1) is 8.88. The average Bonchev–Trinajstić information content (AvgIpc) is 2.90. The van der Waals surface area contributed by atoms with E-state index in [0.29, 0.717) is 6.04 Å². The van der Waals surface area contributed by atoms with Crippen LogP contribution >= 0.6 is 11.8 Å². The first-order valence-electron chi connectivity index (χ1n) is 7.26. The van der Waals surface area contributed by atoms with Crippen LogP contribution in [0.3, 0.4) is 0 Å². The van der Waals surface area contributed by atoms with E-state index in [2.05, 4.69) is 30.1 Å². The van der Waals surface area contributed by atoms with Crippen LogP contribution in [0.4, 0.5) is 0 Å². The van der Waals surface area contributed by atoms with E-state index in [-0.39, 0.29) is 0 Å². The summed E-state index contributed by atoms with van der Waals surface area (Å²) in [6, 6.07) is 4.61. The van der Waals surface area contributed by atoms with Gasteiger partial charge < -0.3 is 9.73 Å². The van der Waals surface area contributed by atoms with Gasteiger partial charge in [-0.15, -0.1) is 0 Å². The van der Waals surface area contributed by atoms with Crippen molar-refractivity contribution in [3.8, 4) is 0 Å². The lowest BCUT2D eigenvalue weighted by Gasteiger charge is -2.24. The fourth-order valence-corrected chi connectivity index (χ4v) is 4.04. The summed E-state index contributed by atoms with van der Waals surface area (Å²) >= 11 is 2.16. The van der Waals surface area contributed by atoms with E-state index in [0.717, 1.165) is 24.0 Å². The summed E-state index contributed by atoms with van der Waals surface area (Å²) in [6.45, 7) is 3.22. The Morgan fingerprint density at radius 1 is 1.39 bits per heavy atom. The molecule has 0 aromatic carbocycles. The summed E-state index contributed by atoms with van der Waals surface area (Å²) in [5, 5.41) is 4.48. The predicted molar refractivity (Wildman–Crippen MR) is 79.2 cm³/mol. The van der Waals surface area contributed by atoms with Gasteiger partial charge in [-0.2, -0.15) is 11.8 Å². The maximum absolute atomic E-state index is 5.45. The number of hydrogen-bond acceptors (Lipinski definition) is 3. The Balaban J connectivity index is 1.74. The Morgan fingerprint density at radius 2 is 2.22 bits per heavy atom. The van der Waals surface area contributed by atoms with E-state index >= 15 is 0 Å². The molecule has 0 saturated heterocycles. The highest BCUT2D eigenvalue weighted by Crippen LogP contribution is 2.28. The predicted octanol–water partition coefficient (Wildman–Crippen LogP) is 3.87. The standard InChI is InChI=1S/C15H25NOS/c1-2-16-13(11-14-7-6-10-17-14)12-18-15-8-4-3-5-9-15/h6-7,10,13,15-16H,2-5,8-9,11-12H2,1H3. The molecule has 0 spiro atoms. The van der Waals surface area contributed by atoms with Crippen molar-refractivity contribution in [2.45, 2.75) is 56.7 Å². The summed E-state index contributed by atoms with van der Waals surface area (Å²) in [7, 11) is 0. The molecule has 0 amide bonds. The number of furan rings is 1. The molecule has 2 nitrogen and oxygen atoms in total. The minimum atomic E-state index is 0.549. The third kappa shape index (κ3) is 4.69. The highest BCUT2D eigenvalue weighted by Gasteiger charge is 2.17. The molecule has 1 heterocycles. The summed E-state index contributed by atoms with van der Waals surface area (Å²) < 4.78 is 5.45. The van der Waals surface area contributed by atoms with Crippen LogP contribution in [-0.2, 0) is 6.42 Å². The Bertz CT molecular complexity index is 306. The molecule has 1 unspecified atom stereocenters. The lowest BCUT2D eigenvalue weighted by Crippen LogP contribution is -2.34. The highest BCUT2D eigenvalue weighted by atomic mass is 32.2. The third-order valence-electron chi connectivity index (χ3n) is 3.61. The molecule has 1 aliphatic carbocycles. The number of thioether (sulfide) groups is 1. The van der Waals surface area contributed by atoms with Crippen LogP contribution in [0.15, 0.2) is 22.8 Å². The van der Waals surface area contributed by atoms with Crippen LogP contribution in [0.2, 0.25) is 0 Å². The van der Waals surface area contributed by atoms with Gasteiger partial charge in [-0.05, 0) is 31.5 Å². The average molecular weight is 267 g/mol. The van der Waals surface area contributed by atoms with Crippen LogP contribution in [0.25, 0.3) is 0 Å². The Hall–Kier alpha value is -0.410. The largest absolute Gasteiger partial charge is 0.469 e. The fraction of sp³-hybridized carbons (Fsp3) is 0.733. The van der Waals surface area contributed by atoms with Gasteiger partial charge in [0.25, 0.3) is 0 Å². The second-order valence-electron chi connectivity index (χ2n) is 5.13. The molecule has 0 bridgehead atoms. The van der Waals surface area contributed by atoms with E-state index in [4.69, 9.17) is 4.42 Å². The Morgan fingerprint density at radius 3 is 2.89 bits per heavy atom. The molecule has 3 heteroatoms. The molecule has 1 N–H and O–H groups in total. The van der Waals surface area contributed by atoms with E-state index in [1.807, 2.05) is 6.07 Å². The number of likely N-dealkylation sites (N-methyl/N-ethyl adjacent to an activating group) is 1. The summed E-state index contributed by atoms with van der Waals surface area (Å²) in [4.78, 5) is 0. The topological polar surface area (TPSA) is 25.2 Å². The molecule has 1 aliphatic rings. The summed E-state index contributed by atoms with van der Waals surface area (Å²) in [6.07, 6.45) is 9.94. The van der Waals surface area contributed by atoms with E-state index in [9.17, 15) is 0 Å². The lowest BCUT2D eigenvalue weighted by atomic mass is 10.0. The van der Waals surface area contributed by atoms with Crippen molar-refractivity contribution in [1.82, 2.24) is 5.32 Å². The maximum Gasteiger partial charge on any atom is 0.105 e. The van der Waals surface area contributed by atoms with Crippen LogP contribution in [-0.4, -0.2) is 23.6 Å². The molecule has 1 aromatic rings. The van der Waals surface area contributed by atoms with E-state index in [1.165, 1.54) is 37.9 Å². The van der Waals surface area contributed by atoms with E-state index < -0.39 is 0 Å². The molecular formula is C15H25NOS. The van der Waals surface area contributed by atoms with Gasteiger partial charge in [0.2, 0.25) is 0 Å².